The van der Waals surface area contributed by atoms with Gasteiger partial charge in [-0.15, -0.1) is 0 Å². The number of benzene rings is 1. The summed E-state index contributed by atoms with van der Waals surface area (Å²) in [6.07, 6.45) is 3.42. The van der Waals surface area contributed by atoms with E-state index in [2.05, 4.69) is 25.1 Å². The summed E-state index contributed by atoms with van der Waals surface area (Å²) < 4.78 is 0. The van der Waals surface area contributed by atoms with Crippen molar-refractivity contribution in [3.63, 3.8) is 0 Å². The molecule has 0 spiro atoms. The van der Waals surface area contributed by atoms with Crippen LogP contribution in [0, 0.1) is 0 Å². The summed E-state index contributed by atoms with van der Waals surface area (Å²) >= 11 is 0. The Labute approximate surface area is 120 Å². The summed E-state index contributed by atoms with van der Waals surface area (Å²) in [7, 11) is 0. The first-order valence-corrected chi connectivity index (χ1v) is 6.51. The highest BCUT2D eigenvalue weighted by Gasteiger charge is 2.11. The fourth-order valence-corrected chi connectivity index (χ4v) is 2.31. The van der Waals surface area contributed by atoms with Crippen LogP contribution in [-0.4, -0.2) is 25.1 Å². The Bertz CT molecular complexity index is 874. The molecule has 0 unspecified atom stereocenters. The third kappa shape index (κ3) is 1.93. The van der Waals surface area contributed by atoms with Crippen molar-refractivity contribution in [1.29, 1.82) is 0 Å². The summed E-state index contributed by atoms with van der Waals surface area (Å²) in [6.45, 7) is 0. The predicted molar refractivity (Wildman–Crippen MR) is 81.3 cm³/mol. The van der Waals surface area contributed by atoms with Crippen LogP contribution in [0.5, 0.6) is 0 Å². The van der Waals surface area contributed by atoms with Gasteiger partial charge >= 0.3 is 0 Å². The number of nitrogens with one attached hydrogen (secondary N) is 2. The first-order valence-electron chi connectivity index (χ1n) is 6.51. The molecule has 0 aliphatic heterocycles. The second-order valence-electron chi connectivity index (χ2n) is 4.73. The molecule has 0 atom stereocenters. The van der Waals surface area contributed by atoms with Gasteiger partial charge in [-0.1, -0.05) is 12.1 Å². The van der Waals surface area contributed by atoms with Gasteiger partial charge in [-0.25, -0.2) is 9.97 Å². The maximum absolute atomic E-state index is 6.00. The van der Waals surface area contributed by atoms with Crippen molar-refractivity contribution in [3.05, 3.63) is 48.8 Å². The van der Waals surface area contributed by atoms with Crippen molar-refractivity contribution in [1.82, 2.24) is 25.1 Å². The van der Waals surface area contributed by atoms with Crippen LogP contribution in [0.1, 0.15) is 0 Å². The van der Waals surface area contributed by atoms with E-state index in [0.717, 1.165) is 27.9 Å². The number of rotatable bonds is 2. The number of nitrogens with two attached hydrogens (primary N) is 1. The minimum atomic E-state index is 0.442. The van der Waals surface area contributed by atoms with Crippen molar-refractivity contribution in [2.24, 2.45) is 0 Å². The minimum absolute atomic E-state index is 0.442. The molecule has 6 heteroatoms. The molecule has 6 nitrogen and oxygen atoms in total. The predicted octanol–water partition coefficient (Wildman–Crippen LogP) is 2.60. The SMILES string of the molecule is Nc1ncc(-c2ccn[nH]2)cc1-c1nc2ccccc2[nH]1. The quantitative estimate of drug-likeness (QED) is 0.524. The zero-order chi connectivity index (χ0) is 14.2. The fraction of sp³-hybridized carbons (Fsp3) is 0. The molecule has 1 aromatic carbocycles. The summed E-state index contributed by atoms with van der Waals surface area (Å²) in [5, 5.41) is 6.87. The Morgan fingerprint density at radius 2 is 2.00 bits per heavy atom. The van der Waals surface area contributed by atoms with E-state index in [0.29, 0.717) is 11.6 Å². The first-order chi connectivity index (χ1) is 10.3. The second-order valence-corrected chi connectivity index (χ2v) is 4.73. The fourth-order valence-electron chi connectivity index (χ4n) is 2.31. The Balaban J connectivity index is 1.89. The van der Waals surface area contributed by atoms with Crippen LogP contribution in [0.4, 0.5) is 5.82 Å². The second kappa shape index (κ2) is 4.45. The van der Waals surface area contributed by atoms with E-state index in [9.17, 15) is 0 Å². The van der Waals surface area contributed by atoms with Gasteiger partial charge < -0.3 is 10.7 Å². The number of imidazole rings is 1. The largest absolute Gasteiger partial charge is 0.383 e. The van der Waals surface area contributed by atoms with Crippen LogP contribution in [0.25, 0.3) is 33.7 Å². The molecule has 0 amide bonds. The van der Waals surface area contributed by atoms with E-state index >= 15 is 0 Å². The lowest BCUT2D eigenvalue weighted by Gasteiger charge is -2.04. The smallest absolute Gasteiger partial charge is 0.142 e. The molecule has 4 N–H and O–H groups in total. The molecule has 102 valence electrons. The number of hydrogen-bond donors (Lipinski definition) is 3. The van der Waals surface area contributed by atoms with E-state index in [-0.39, 0.29) is 0 Å². The number of aromatic nitrogens is 5. The van der Waals surface area contributed by atoms with Crippen LogP contribution < -0.4 is 5.73 Å². The molecule has 4 rings (SSSR count). The number of nitrogens with zero attached hydrogens (tertiary/aromatic N) is 3. The number of para-hydroxylation sites is 2. The van der Waals surface area contributed by atoms with Crippen LogP contribution in [0.3, 0.4) is 0 Å². The van der Waals surface area contributed by atoms with Crippen LogP contribution in [0.15, 0.2) is 48.8 Å². The van der Waals surface area contributed by atoms with E-state index in [1.807, 2.05) is 36.4 Å². The summed E-state index contributed by atoms with van der Waals surface area (Å²) in [5.74, 6) is 1.15. The number of fused-ring (bicyclic) bond motifs is 1. The number of anilines is 1. The Morgan fingerprint density at radius 3 is 2.81 bits per heavy atom. The summed E-state index contributed by atoms with van der Waals surface area (Å²) in [5.41, 5.74) is 10.5. The number of hydrogen-bond acceptors (Lipinski definition) is 4. The molecule has 21 heavy (non-hydrogen) atoms. The van der Waals surface area contributed by atoms with Gasteiger partial charge in [0, 0.05) is 18.0 Å². The van der Waals surface area contributed by atoms with Gasteiger partial charge in [0.25, 0.3) is 0 Å². The lowest BCUT2D eigenvalue weighted by molar-refractivity contribution is 1.09. The number of nitrogen functional groups attached to an aromatic ring is 1. The molecule has 0 saturated carbocycles. The normalized spacial score (nSPS) is 11.0. The van der Waals surface area contributed by atoms with Crippen LogP contribution >= 0.6 is 0 Å². The average Bonchev–Trinajstić information content (AvgIpc) is 3.17. The van der Waals surface area contributed by atoms with Gasteiger partial charge in [0.2, 0.25) is 0 Å². The molecule has 0 saturated heterocycles. The molecule has 0 fully saturated rings. The summed E-state index contributed by atoms with van der Waals surface area (Å²) in [6, 6.07) is 11.7. The molecule has 0 radical (unpaired) electrons. The average molecular weight is 276 g/mol. The van der Waals surface area contributed by atoms with Gasteiger partial charge in [0.15, 0.2) is 0 Å². The molecule has 0 aliphatic carbocycles. The Kier molecular flexibility index (Phi) is 2.47. The van der Waals surface area contributed by atoms with Crippen molar-refractivity contribution in [2.75, 3.05) is 5.73 Å². The van der Waals surface area contributed by atoms with Gasteiger partial charge in [-0.2, -0.15) is 5.10 Å². The third-order valence-electron chi connectivity index (χ3n) is 3.37. The van der Waals surface area contributed by atoms with Crippen molar-refractivity contribution < 1.29 is 0 Å². The Hall–Kier alpha value is -3.15. The van der Waals surface area contributed by atoms with Crippen LogP contribution in [0.2, 0.25) is 0 Å². The number of pyridine rings is 1. The molecule has 3 heterocycles. The summed E-state index contributed by atoms with van der Waals surface area (Å²) in [4.78, 5) is 12.1. The van der Waals surface area contributed by atoms with Crippen molar-refractivity contribution >= 4 is 16.9 Å². The van der Waals surface area contributed by atoms with Crippen molar-refractivity contribution in [2.45, 2.75) is 0 Å². The highest BCUT2D eigenvalue weighted by molar-refractivity contribution is 5.83. The van der Waals surface area contributed by atoms with Crippen LogP contribution in [-0.2, 0) is 0 Å². The lowest BCUT2D eigenvalue weighted by atomic mass is 10.1. The van der Waals surface area contributed by atoms with Gasteiger partial charge in [-0.3, -0.25) is 5.10 Å². The number of aromatic amines is 2. The third-order valence-corrected chi connectivity index (χ3v) is 3.37. The monoisotopic (exact) mass is 276 g/mol. The zero-order valence-corrected chi connectivity index (χ0v) is 11.0. The van der Waals surface area contributed by atoms with E-state index in [1.165, 1.54) is 0 Å². The molecular formula is C15H12N6. The first kappa shape index (κ1) is 11.7. The zero-order valence-electron chi connectivity index (χ0n) is 11.0. The molecular weight excluding hydrogens is 264 g/mol. The topological polar surface area (TPSA) is 96.3 Å². The van der Waals surface area contributed by atoms with Gasteiger partial charge in [-0.05, 0) is 24.3 Å². The Morgan fingerprint density at radius 1 is 1.10 bits per heavy atom. The molecule has 0 aliphatic rings. The highest BCUT2D eigenvalue weighted by atomic mass is 15.1. The van der Waals surface area contributed by atoms with Crippen molar-refractivity contribution in [3.8, 4) is 22.6 Å². The molecule has 3 aromatic heterocycles. The molecule has 0 bridgehead atoms. The van der Waals surface area contributed by atoms with Gasteiger partial charge in [0.05, 0.1) is 22.3 Å². The van der Waals surface area contributed by atoms with E-state index in [4.69, 9.17) is 5.73 Å². The lowest BCUT2D eigenvalue weighted by Crippen LogP contribution is -1.96. The minimum Gasteiger partial charge on any atom is -0.383 e. The van der Waals surface area contributed by atoms with Gasteiger partial charge in [0.1, 0.15) is 11.6 Å². The highest BCUT2D eigenvalue weighted by Crippen LogP contribution is 2.28. The van der Waals surface area contributed by atoms with E-state index in [1.54, 1.807) is 12.4 Å². The molecule has 4 aromatic rings. The maximum Gasteiger partial charge on any atom is 0.142 e. The maximum atomic E-state index is 6.00. The standard InChI is InChI=1S/C15H12N6/c16-14-10(7-9(8-17-14)11-5-6-18-21-11)15-19-12-3-1-2-4-13(12)20-15/h1-8H,(H2,16,17)(H,18,21)(H,19,20). The van der Waals surface area contributed by atoms with E-state index < -0.39 is 0 Å². The number of H-pyrrole nitrogens is 2.